The summed E-state index contributed by atoms with van der Waals surface area (Å²) in [5, 5.41) is 8.79. The Morgan fingerprint density at radius 1 is 0.875 bits per heavy atom. The van der Waals surface area contributed by atoms with Crippen molar-refractivity contribution in [1.29, 1.82) is 0 Å². The largest absolute Gasteiger partial charge is 0.376 e. The number of benzene rings is 2. The summed E-state index contributed by atoms with van der Waals surface area (Å²) in [6, 6.07) is 14.1. The van der Waals surface area contributed by atoms with Gasteiger partial charge in [-0.2, -0.15) is 0 Å². The molecule has 0 aliphatic carbocycles. The third-order valence-electron chi connectivity index (χ3n) is 5.10. The highest BCUT2D eigenvalue weighted by molar-refractivity contribution is 5.98. The Morgan fingerprint density at radius 2 is 1.50 bits per heavy atom. The van der Waals surface area contributed by atoms with Crippen LogP contribution in [-0.2, 0) is 4.79 Å². The number of amides is 3. The molecule has 1 heterocycles. The maximum Gasteiger partial charge on any atom is 0.253 e. The minimum Gasteiger partial charge on any atom is -0.376 e. The second-order valence-electron chi connectivity index (χ2n) is 9.12. The molecule has 0 unspecified atom stereocenters. The molecule has 0 aromatic heterocycles. The van der Waals surface area contributed by atoms with Crippen LogP contribution < -0.4 is 16.0 Å². The van der Waals surface area contributed by atoms with E-state index in [2.05, 4.69) is 16.0 Å². The molecule has 0 radical (unpaired) electrons. The molecule has 2 aromatic rings. The Kier molecular flexibility index (Phi) is 7.51. The van der Waals surface area contributed by atoms with Crippen LogP contribution in [-0.4, -0.2) is 47.8 Å². The van der Waals surface area contributed by atoms with Crippen molar-refractivity contribution in [3.05, 3.63) is 59.7 Å². The maximum absolute atomic E-state index is 12.7. The van der Waals surface area contributed by atoms with Gasteiger partial charge in [0.1, 0.15) is 0 Å². The first kappa shape index (κ1) is 23.3. The first-order valence-corrected chi connectivity index (χ1v) is 11.1. The average Bonchev–Trinajstić information content (AvgIpc) is 2.77. The van der Waals surface area contributed by atoms with Crippen LogP contribution in [0.5, 0.6) is 0 Å². The molecule has 0 spiro atoms. The SMILES string of the molecule is CC(C)(C)NC(=O)c1cccc(NCC(=O)Nc2cccc(C(=O)N3CCCCC3)c2)c1. The number of carbonyl (C=O) groups excluding carboxylic acids is 3. The van der Waals surface area contributed by atoms with E-state index in [1.165, 1.54) is 0 Å². The Labute approximate surface area is 189 Å². The molecule has 1 saturated heterocycles. The van der Waals surface area contributed by atoms with E-state index in [1.54, 1.807) is 48.5 Å². The van der Waals surface area contributed by atoms with Gasteiger partial charge >= 0.3 is 0 Å². The Hall–Kier alpha value is -3.35. The molecule has 1 aliphatic heterocycles. The van der Waals surface area contributed by atoms with E-state index in [9.17, 15) is 14.4 Å². The van der Waals surface area contributed by atoms with Gasteiger partial charge in [0.05, 0.1) is 6.54 Å². The fourth-order valence-electron chi connectivity index (χ4n) is 3.58. The number of carbonyl (C=O) groups is 3. The summed E-state index contributed by atoms with van der Waals surface area (Å²) in [4.78, 5) is 39.3. The van der Waals surface area contributed by atoms with E-state index >= 15 is 0 Å². The average molecular weight is 437 g/mol. The lowest BCUT2D eigenvalue weighted by molar-refractivity contribution is -0.114. The first-order chi connectivity index (χ1) is 15.2. The summed E-state index contributed by atoms with van der Waals surface area (Å²) >= 11 is 0. The van der Waals surface area contributed by atoms with Crippen molar-refractivity contribution >= 4 is 29.1 Å². The fourth-order valence-corrected chi connectivity index (χ4v) is 3.58. The van der Waals surface area contributed by atoms with Crippen molar-refractivity contribution < 1.29 is 14.4 Å². The highest BCUT2D eigenvalue weighted by atomic mass is 16.2. The van der Waals surface area contributed by atoms with Gasteiger partial charge in [0.15, 0.2) is 0 Å². The van der Waals surface area contributed by atoms with Crippen molar-refractivity contribution in [2.45, 2.75) is 45.6 Å². The molecular weight excluding hydrogens is 404 g/mol. The van der Waals surface area contributed by atoms with Crippen molar-refractivity contribution in [3.8, 4) is 0 Å². The van der Waals surface area contributed by atoms with E-state index in [-0.39, 0.29) is 29.8 Å². The molecule has 3 N–H and O–H groups in total. The zero-order valence-corrected chi connectivity index (χ0v) is 19.0. The summed E-state index contributed by atoms with van der Waals surface area (Å²) in [6.45, 7) is 7.37. The number of hydrogen-bond donors (Lipinski definition) is 3. The Morgan fingerprint density at radius 3 is 2.19 bits per heavy atom. The number of anilines is 2. The first-order valence-electron chi connectivity index (χ1n) is 11.1. The number of rotatable bonds is 6. The van der Waals surface area contributed by atoms with Crippen molar-refractivity contribution in [3.63, 3.8) is 0 Å². The van der Waals surface area contributed by atoms with Crippen LogP contribution in [0.3, 0.4) is 0 Å². The van der Waals surface area contributed by atoms with Gasteiger partial charge in [-0.3, -0.25) is 14.4 Å². The number of piperidine rings is 1. The smallest absolute Gasteiger partial charge is 0.253 e. The summed E-state index contributed by atoms with van der Waals surface area (Å²) in [5.41, 5.74) is 2.03. The van der Waals surface area contributed by atoms with Crippen molar-refractivity contribution in [2.24, 2.45) is 0 Å². The van der Waals surface area contributed by atoms with Crippen LogP contribution in [0.4, 0.5) is 11.4 Å². The van der Waals surface area contributed by atoms with E-state index in [1.807, 2.05) is 25.7 Å². The second-order valence-corrected chi connectivity index (χ2v) is 9.12. The summed E-state index contributed by atoms with van der Waals surface area (Å²) in [6.07, 6.45) is 3.23. The molecule has 1 aliphatic rings. The molecule has 32 heavy (non-hydrogen) atoms. The van der Waals surface area contributed by atoms with Crippen molar-refractivity contribution in [1.82, 2.24) is 10.2 Å². The van der Waals surface area contributed by atoms with Crippen LogP contribution in [0, 0.1) is 0 Å². The molecule has 3 rings (SSSR count). The molecule has 0 atom stereocenters. The van der Waals surface area contributed by atoms with Gasteiger partial charge in [0.25, 0.3) is 11.8 Å². The number of nitrogens with one attached hydrogen (secondary N) is 3. The topological polar surface area (TPSA) is 90.5 Å². The molecular formula is C25H32N4O3. The van der Waals surface area contributed by atoms with Gasteiger partial charge in [0, 0.05) is 41.1 Å². The minimum atomic E-state index is -0.329. The summed E-state index contributed by atoms with van der Waals surface area (Å²) in [5.74, 6) is -0.401. The minimum absolute atomic E-state index is 0.00396. The summed E-state index contributed by atoms with van der Waals surface area (Å²) < 4.78 is 0. The lowest BCUT2D eigenvalue weighted by Gasteiger charge is -2.26. The number of likely N-dealkylation sites (tertiary alicyclic amines) is 1. The predicted octanol–water partition coefficient (Wildman–Crippen LogP) is 3.89. The Bertz CT molecular complexity index is 975. The van der Waals surface area contributed by atoms with Crippen LogP contribution in [0.15, 0.2) is 48.5 Å². The van der Waals surface area contributed by atoms with Crippen LogP contribution in [0.2, 0.25) is 0 Å². The normalized spacial score (nSPS) is 13.9. The van der Waals surface area contributed by atoms with Gasteiger partial charge in [-0.25, -0.2) is 0 Å². The van der Waals surface area contributed by atoms with Gasteiger partial charge in [-0.1, -0.05) is 12.1 Å². The van der Waals surface area contributed by atoms with Crippen molar-refractivity contribution in [2.75, 3.05) is 30.3 Å². The third kappa shape index (κ3) is 6.83. The fraction of sp³-hybridized carbons (Fsp3) is 0.400. The van der Waals surface area contributed by atoms with E-state index in [0.29, 0.717) is 22.5 Å². The molecule has 7 heteroatoms. The van der Waals surface area contributed by atoms with Crippen LogP contribution in [0.25, 0.3) is 0 Å². The number of nitrogens with zero attached hydrogens (tertiary/aromatic N) is 1. The molecule has 2 aromatic carbocycles. The van der Waals surface area contributed by atoms with E-state index in [0.717, 1.165) is 32.4 Å². The molecule has 3 amide bonds. The van der Waals surface area contributed by atoms with Gasteiger partial charge in [-0.05, 0) is 76.4 Å². The zero-order valence-electron chi connectivity index (χ0n) is 19.0. The molecule has 170 valence electrons. The zero-order chi connectivity index (χ0) is 23.1. The number of hydrogen-bond acceptors (Lipinski definition) is 4. The van der Waals surface area contributed by atoms with Gasteiger partial charge in [0.2, 0.25) is 5.91 Å². The lowest BCUT2D eigenvalue weighted by Crippen LogP contribution is -2.40. The highest BCUT2D eigenvalue weighted by Crippen LogP contribution is 2.17. The van der Waals surface area contributed by atoms with Gasteiger partial charge < -0.3 is 20.9 Å². The molecule has 0 bridgehead atoms. The maximum atomic E-state index is 12.7. The molecule has 7 nitrogen and oxygen atoms in total. The van der Waals surface area contributed by atoms with Gasteiger partial charge in [-0.15, -0.1) is 0 Å². The van der Waals surface area contributed by atoms with E-state index in [4.69, 9.17) is 0 Å². The van der Waals surface area contributed by atoms with Crippen LogP contribution >= 0.6 is 0 Å². The Balaban J connectivity index is 1.56. The second kappa shape index (κ2) is 10.3. The van der Waals surface area contributed by atoms with Crippen LogP contribution in [0.1, 0.15) is 60.7 Å². The standard InChI is InChI=1S/C25H32N4O3/c1-25(2,3)28-23(31)18-9-7-11-20(15-18)26-17-22(30)27-21-12-8-10-19(16-21)24(32)29-13-5-4-6-14-29/h7-12,15-16,26H,4-6,13-14,17H2,1-3H3,(H,27,30)(H,28,31). The monoisotopic (exact) mass is 436 g/mol. The molecule has 1 fully saturated rings. The highest BCUT2D eigenvalue weighted by Gasteiger charge is 2.19. The third-order valence-corrected chi connectivity index (χ3v) is 5.10. The van der Waals surface area contributed by atoms with E-state index < -0.39 is 0 Å². The predicted molar refractivity (Wildman–Crippen MR) is 127 cm³/mol. The summed E-state index contributed by atoms with van der Waals surface area (Å²) in [7, 11) is 0. The lowest BCUT2D eigenvalue weighted by atomic mass is 10.1. The quantitative estimate of drug-likeness (QED) is 0.641. The molecule has 0 saturated carbocycles.